The molecule has 5 heteroatoms. The number of nitrogens with zero attached hydrogens (tertiary/aromatic N) is 1. The number of hydrogen-bond acceptors (Lipinski definition) is 3. The van der Waals surface area contributed by atoms with Crippen molar-refractivity contribution < 1.29 is 14.6 Å². The van der Waals surface area contributed by atoms with Gasteiger partial charge in [0, 0.05) is 5.56 Å². The fraction of sp³-hybridized carbons (Fsp3) is 0.0667. The third kappa shape index (κ3) is 3.28. The molecule has 1 N–H and O–H groups in total. The van der Waals surface area contributed by atoms with Gasteiger partial charge in [0.1, 0.15) is 11.5 Å². The van der Waals surface area contributed by atoms with E-state index in [1.54, 1.807) is 36.4 Å². The van der Waals surface area contributed by atoms with Crippen molar-refractivity contribution in [1.82, 2.24) is 0 Å². The molecular formula is C15H10ClNO3. The topological polar surface area (TPSA) is 70.3 Å². The van der Waals surface area contributed by atoms with Crippen molar-refractivity contribution in [2.75, 3.05) is 0 Å². The van der Waals surface area contributed by atoms with Gasteiger partial charge in [0.15, 0.2) is 0 Å². The fourth-order valence-corrected chi connectivity index (χ4v) is 1.90. The van der Waals surface area contributed by atoms with Crippen molar-refractivity contribution in [1.29, 1.82) is 5.26 Å². The zero-order chi connectivity index (χ0) is 14.5. The fourth-order valence-electron chi connectivity index (χ4n) is 1.68. The summed E-state index contributed by atoms with van der Waals surface area (Å²) in [5.41, 5.74) is 0.988. The number of rotatable bonds is 4. The second kappa shape index (κ2) is 6.09. The number of ether oxygens (including phenoxy) is 1. The minimum Gasteiger partial charge on any atom is -0.481 e. The first-order chi connectivity index (χ1) is 9.60. The highest BCUT2D eigenvalue weighted by Crippen LogP contribution is 2.32. The summed E-state index contributed by atoms with van der Waals surface area (Å²) in [5, 5.41) is 17.9. The van der Waals surface area contributed by atoms with Crippen LogP contribution in [0.2, 0.25) is 5.02 Å². The summed E-state index contributed by atoms with van der Waals surface area (Å²) in [6.07, 6.45) is -0.135. The molecular weight excluding hydrogens is 278 g/mol. The molecule has 2 rings (SSSR count). The first kappa shape index (κ1) is 13.9. The molecule has 0 amide bonds. The molecule has 0 aromatic heterocycles. The summed E-state index contributed by atoms with van der Waals surface area (Å²) in [6, 6.07) is 13.5. The summed E-state index contributed by atoms with van der Waals surface area (Å²) in [5.74, 6) is -0.128. The third-order valence-corrected chi connectivity index (χ3v) is 2.89. The van der Waals surface area contributed by atoms with Crippen LogP contribution in [0.5, 0.6) is 11.5 Å². The second-order valence-electron chi connectivity index (χ2n) is 4.04. The molecule has 100 valence electrons. The summed E-state index contributed by atoms with van der Waals surface area (Å²) in [7, 11) is 0. The first-order valence-electron chi connectivity index (χ1n) is 5.77. The highest BCUT2D eigenvalue weighted by Gasteiger charge is 2.10. The van der Waals surface area contributed by atoms with Crippen LogP contribution in [-0.4, -0.2) is 11.1 Å². The quantitative estimate of drug-likeness (QED) is 0.932. The number of carboxylic acid groups (broad SMARTS) is 1. The molecule has 0 radical (unpaired) electrons. The van der Waals surface area contributed by atoms with Crippen LogP contribution in [0, 0.1) is 11.3 Å². The van der Waals surface area contributed by atoms with Gasteiger partial charge in [0.25, 0.3) is 0 Å². The zero-order valence-electron chi connectivity index (χ0n) is 10.3. The van der Waals surface area contributed by atoms with E-state index in [2.05, 4.69) is 0 Å². The van der Waals surface area contributed by atoms with Crippen LogP contribution in [-0.2, 0) is 11.2 Å². The molecule has 0 atom stereocenters. The minimum absolute atomic E-state index is 0.135. The normalized spacial score (nSPS) is 9.80. The third-order valence-electron chi connectivity index (χ3n) is 2.60. The molecule has 0 bridgehead atoms. The first-order valence-corrected chi connectivity index (χ1v) is 6.15. The standard InChI is InChI=1S/C15H10ClNO3/c16-12-7-10(9-17)5-6-14(12)20-13-4-2-1-3-11(13)8-15(18)19/h1-7H,8H2,(H,18,19). The van der Waals surface area contributed by atoms with Crippen LogP contribution >= 0.6 is 11.6 Å². The maximum atomic E-state index is 10.8. The van der Waals surface area contributed by atoms with Gasteiger partial charge in [-0.25, -0.2) is 0 Å². The van der Waals surface area contributed by atoms with Crippen LogP contribution in [0.1, 0.15) is 11.1 Å². The Kier molecular flexibility index (Phi) is 4.24. The zero-order valence-corrected chi connectivity index (χ0v) is 11.1. The minimum atomic E-state index is -0.938. The van der Waals surface area contributed by atoms with Gasteiger partial charge in [-0.2, -0.15) is 5.26 Å². The number of carboxylic acids is 1. The highest BCUT2D eigenvalue weighted by molar-refractivity contribution is 6.32. The van der Waals surface area contributed by atoms with Crippen molar-refractivity contribution >= 4 is 17.6 Å². The van der Waals surface area contributed by atoms with Crippen LogP contribution in [0.25, 0.3) is 0 Å². The van der Waals surface area contributed by atoms with Crippen molar-refractivity contribution in [3.05, 3.63) is 58.6 Å². The molecule has 20 heavy (non-hydrogen) atoms. The van der Waals surface area contributed by atoms with Gasteiger partial charge < -0.3 is 9.84 Å². The lowest BCUT2D eigenvalue weighted by molar-refractivity contribution is -0.136. The number of aliphatic carboxylic acids is 1. The summed E-state index contributed by atoms with van der Waals surface area (Å²) < 4.78 is 5.64. The van der Waals surface area contributed by atoms with Gasteiger partial charge in [-0.05, 0) is 24.3 Å². The van der Waals surface area contributed by atoms with Gasteiger partial charge in [0.2, 0.25) is 0 Å². The molecule has 0 fully saturated rings. The van der Waals surface area contributed by atoms with Crippen LogP contribution < -0.4 is 4.74 Å². The second-order valence-corrected chi connectivity index (χ2v) is 4.44. The molecule has 4 nitrogen and oxygen atoms in total. The molecule has 2 aromatic carbocycles. The van der Waals surface area contributed by atoms with Crippen molar-refractivity contribution in [2.24, 2.45) is 0 Å². The molecule has 0 saturated carbocycles. The Hall–Kier alpha value is -2.51. The highest BCUT2D eigenvalue weighted by atomic mass is 35.5. The van der Waals surface area contributed by atoms with E-state index in [-0.39, 0.29) is 6.42 Å². The monoisotopic (exact) mass is 287 g/mol. The Morgan fingerprint density at radius 2 is 2.00 bits per heavy atom. The molecule has 0 aliphatic heterocycles. The maximum Gasteiger partial charge on any atom is 0.307 e. The van der Waals surface area contributed by atoms with Crippen LogP contribution in [0.15, 0.2) is 42.5 Å². The van der Waals surface area contributed by atoms with E-state index in [0.717, 1.165) is 0 Å². The Labute approximate surface area is 120 Å². The Morgan fingerprint density at radius 1 is 1.25 bits per heavy atom. The average Bonchev–Trinajstić information content (AvgIpc) is 2.42. The number of nitriles is 1. The van der Waals surface area contributed by atoms with Crippen LogP contribution in [0.3, 0.4) is 0 Å². The van der Waals surface area contributed by atoms with E-state index in [1.165, 1.54) is 6.07 Å². The Balaban J connectivity index is 2.31. The largest absolute Gasteiger partial charge is 0.481 e. The lowest BCUT2D eigenvalue weighted by Gasteiger charge is -2.11. The van der Waals surface area contributed by atoms with E-state index in [4.69, 9.17) is 26.7 Å². The number of hydrogen-bond donors (Lipinski definition) is 1. The van der Waals surface area contributed by atoms with Gasteiger partial charge >= 0.3 is 5.97 Å². The predicted octanol–water partition coefficient (Wildman–Crippen LogP) is 3.63. The predicted molar refractivity (Wildman–Crippen MR) is 74.0 cm³/mol. The van der Waals surface area contributed by atoms with Gasteiger partial charge in [-0.15, -0.1) is 0 Å². The van der Waals surface area contributed by atoms with Crippen molar-refractivity contribution in [3.63, 3.8) is 0 Å². The Morgan fingerprint density at radius 3 is 2.65 bits per heavy atom. The van der Waals surface area contributed by atoms with Gasteiger partial charge in [-0.3, -0.25) is 4.79 Å². The summed E-state index contributed by atoms with van der Waals surface area (Å²) >= 11 is 6.02. The summed E-state index contributed by atoms with van der Waals surface area (Å²) in [6.45, 7) is 0. The molecule has 0 heterocycles. The molecule has 2 aromatic rings. The molecule has 0 aliphatic rings. The molecule has 0 unspecified atom stereocenters. The smallest absolute Gasteiger partial charge is 0.307 e. The maximum absolute atomic E-state index is 10.8. The molecule has 0 aliphatic carbocycles. The molecule has 0 saturated heterocycles. The lowest BCUT2D eigenvalue weighted by atomic mass is 10.1. The van der Waals surface area contributed by atoms with E-state index < -0.39 is 5.97 Å². The van der Waals surface area contributed by atoms with Gasteiger partial charge in [0.05, 0.1) is 23.1 Å². The van der Waals surface area contributed by atoms with E-state index in [0.29, 0.717) is 27.6 Å². The number of halogens is 1. The Bertz CT molecular complexity index is 692. The number of para-hydroxylation sites is 1. The van der Waals surface area contributed by atoms with Crippen molar-refractivity contribution in [2.45, 2.75) is 6.42 Å². The number of carbonyl (C=O) groups is 1. The van der Waals surface area contributed by atoms with E-state index in [9.17, 15) is 4.79 Å². The number of benzene rings is 2. The van der Waals surface area contributed by atoms with Crippen molar-refractivity contribution in [3.8, 4) is 17.6 Å². The summed E-state index contributed by atoms with van der Waals surface area (Å²) in [4.78, 5) is 10.8. The van der Waals surface area contributed by atoms with E-state index in [1.807, 2.05) is 6.07 Å². The lowest BCUT2D eigenvalue weighted by Crippen LogP contribution is -2.02. The SMILES string of the molecule is N#Cc1ccc(Oc2ccccc2CC(=O)O)c(Cl)c1. The van der Waals surface area contributed by atoms with E-state index >= 15 is 0 Å². The molecule has 0 spiro atoms. The van der Waals surface area contributed by atoms with Crippen LogP contribution in [0.4, 0.5) is 0 Å². The van der Waals surface area contributed by atoms with Gasteiger partial charge in [-0.1, -0.05) is 29.8 Å². The average molecular weight is 288 g/mol.